The van der Waals surface area contributed by atoms with Crippen molar-refractivity contribution in [3.8, 4) is 0 Å². The number of nitrogens with one attached hydrogen (secondary N) is 2. The van der Waals surface area contributed by atoms with E-state index in [9.17, 15) is 27.5 Å². The standard InChI is InChI=1S/C20H18ClF4N5O3/c1-9-12-3-10(22)4-13(21)15(12)33-14(9)16(20(23,24)25)29-18(31)28-11-5-26-17(27-6-11)30-7-19(2,32)8-30/h3-6,16,32H,7-8H2,1-2H3,(H2,28,29,31)/t16-/m0/s1. The number of anilines is 2. The Morgan fingerprint density at radius 1 is 1.30 bits per heavy atom. The first-order chi connectivity index (χ1) is 15.3. The summed E-state index contributed by atoms with van der Waals surface area (Å²) in [5.74, 6) is -1.04. The van der Waals surface area contributed by atoms with Gasteiger partial charge in [0.1, 0.15) is 11.6 Å². The van der Waals surface area contributed by atoms with Crippen LogP contribution in [0.2, 0.25) is 5.02 Å². The number of urea groups is 1. The molecule has 1 aliphatic heterocycles. The summed E-state index contributed by atoms with van der Waals surface area (Å²) in [6.07, 6.45) is -2.46. The second-order valence-electron chi connectivity index (χ2n) is 8.05. The minimum atomic E-state index is -4.92. The second-order valence-corrected chi connectivity index (χ2v) is 8.46. The molecule has 176 valence electrons. The van der Waals surface area contributed by atoms with Crippen LogP contribution >= 0.6 is 11.6 Å². The normalized spacial score (nSPS) is 16.4. The van der Waals surface area contributed by atoms with E-state index >= 15 is 0 Å². The van der Waals surface area contributed by atoms with Gasteiger partial charge in [0.25, 0.3) is 0 Å². The molecule has 0 spiro atoms. The van der Waals surface area contributed by atoms with Crippen LogP contribution in [0, 0.1) is 12.7 Å². The number of amides is 2. The van der Waals surface area contributed by atoms with Gasteiger partial charge in [0.15, 0.2) is 11.6 Å². The van der Waals surface area contributed by atoms with Crippen molar-refractivity contribution in [2.75, 3.05) is 23.3 Å². The molecule has 2 amide bonds. The number of carbonyl (C=O) groups excluding carboxylic acids is 1. The number of rotatable bonds is 4. The highest BCUT2D eigenvalue weighted by atomic mass is 35.5. The molecule has 1 saturated heterocycles. The predicted octanol–water partition coefficient (Wildman–Crippen LogP) is 4.32. The quantitative estimate of drug-likeness (QED) is 0.474. The van der Waals surface area contributed by atoms with Crippen molar-refractivity contribution in [2.24, 2.45) is 0 Å². The van der Waals surface area contributed by atoms with Gasteiger partial charge in [0.2, 0.25) is 5.95 Å². The van der Waals surface area contributed by atoms with Gasteiger partial charge in [0.05, 0.1) is 41.8 Å². The van der Waals surface area contributed by atoms with Crippen molar-refractivity contribution in [2.45, 2.75) is 31.7 Å². The van der Waals surface area contributed by atoms with Crippen molar-refractivity contribution in [1.82, 2.24) is 15.3 Å². The molecule has 3 N–H and O–H groups in total. The van der Waals surface area contributed by atoms with Gasteiger partial charge in [-0.25, -0.2) is 19.2 Å². The molecule has 3 aromatic rings. The van der Waals surface area contributed by atoms with E-state index in [4.69, 9.17) is 16.0 Å². The Hall–Kier alpha value is -3.12. The number of hydrogen-bond donors (Lipinski definition) is 3. The summed E-state index contributed by atoms with van der Waals surface area (Å²) in [4.78, 5) is 22.1. The number of aryl methyl sites for hydroxylation is 1. The van der Waals surface area contributed by atoms with Crippen LogP contribution in [0.5, 0.6) is 0 Å². The molecule has 1 aromatic carbocycles. The summed E-state index contributed by atoms with van der Waals surface area (Å²) in [6, 6.07) is -1.78. The third-order valence-corrected chi connectivity index (χ3v) is 5.38. The maximum Gasteiger partial charge on any atom is 0.416 e. The first-order valence-electron chi connectivity index (χ1n) is 9.66. The molecule has 0 aliphatic carbocycles. The molecule has 0 radical (unpaired) electrons. The lowest BCUT2D eigenvalue weighted by Crippen LogP contribution is -2.60. The molecular weight excluding hydrogens is 470 g/mol. The highest BCUT2D eigenvalue weighted by Crippen LogP contribution is 2.40. The fourth-order valence-electron chi connectivity index (χ4n) is 3.60. The number of alkyl halides is 3. The van der Waals surface area contributed by atoms with E-state index in [1.165, 1.54) is 19.3 Å². The monoisotopic (exact) mass is 487 g/mol. The zero-order valence-electron chi connectivity index (χ0n) is 17.3. The number of carbonyl (C=O) groups is 1. The van der Waals surface area contributed by atoms with Gasteiger partial charge in [-0.2, -0.15) is 13.2 Å². The van der Waals surface area contributed by atoms with Crippen LogP contribution in [-0.4, -0.2) is 46.0 Å². The molecule has 4 rings (SSSR count). The third kappa shape index (κ3) is 4.67. The molecule has 8 nitrogen and oxygen atoms in total. The molecule has 2 aromatic heterocycles. The number of hydrogen-bond acceptors (Lipinski definition) is 6. The van der Waals surface area contributed by atoms with E-state index in [0.717, 1.165) is 12.1 Å². The summed E-state index contributed by atoms with van der Waals surface area (Å²) in [5, 5.41) is 13.7. The molecule has 1 atom stereocenters. The molecule has 0 saturated carbocycles. The van der Waals surface area contributed by atoms with Gasteiger partial charge in [-0.1, -0.05) is 11.6 Å². The summed E-state index contributed by atoms with van der Waals surface area (Å²) in [6.45, 7) is 3.64. The molecule has 3 heterocycles. The second kappa shape index (κ2) is 8.03. The lowest BCUT2D eigenvalue weighted by atomic mass is 9.98. The zero-order chi connectivity index (χ0) is 24.1. The number of furan rings is 1. The Bertz CT molecular complexity index is 1210. The van der Waals surface area contributed by atoms with Crippen LogP contribution in [0.4, 0.5) is 34.0 Å². The first kappa shape index (κ1) is 23.1. The van der Waals surface area contributed by atoms with Crippen molar-refractivity contribution >= 4 is 40.2 Å². The Morgan fingerprint density at radius 2 is 1.94 bits per heavy atom. The molecule has 13 heteroatoms. The summed E-state index contributed by atoms with van der Waals surface area (Å²) in [5.41, 5.74) is -0.906. The van der Waals surface area contributed by atoms with Gasteiger partial charge in [-0.3, -0.25) is 0 Å². The highest BCUT2D eigenvalue weighted by molar-refractivity contribution is 6.34. The number of nitrogens with zero attached hydrogens (tertiary/aromatic N) is 3. The van der Waals surface area contributed by atoms with Crippen molar-refractivity contribution < 1.29 is 31.9 Å². The molecule has 33 heavy (non-hydrogen) atoms. The number of aliphatic hydroxyl groups is 1. The van der Waals surface area contributed by atoms with Crippen molar-refractivity contribution in [1.29, 1.82) is 0 Å². The van der Waals surface area contributed by atoms with Crippen molar-refractivity contribution in [3.05, 3.63) is 46.7 Å². The molecule has 1 fully saturated rings. The lowest BCUT2D eigenvalue weighted by molar-refractivity contribution is -0.158. The Morgan fingerprint density at radius 3 is 2.52 bits per heavy atom. The van der Waals surface area contributed by atoms with Gasteiger partial charge in [-0.15, -0.1) is 0 Å². The zero-order valence-corrected chi connectivity index (χ0v) is 18.1. The van der Waals surface area contributed by atoms with Crippen LogP contribution in [0.1, 0.15) is 24.3 Å². The third-order valence-electron chi connectivity index (χ3n) is 5.10. The average molecular weight is 488 g/mol. The van der Waals surface area contributed by atoms with E-state index in [1.807, 2.05) is 5.32 Å². The van der Waals surface area contributed by atoms with Crippen LogP contribution in [-0.2, 0) is 0 Å². The van der Waals surface area contributed by atoms with Gasteiger partial charge in [0, 0.05) is 10.9 Å². The maximum absolute atomic E-state index is 13.8. The number of fused-ring (bicyclic) bond motifs is 1. The minimum Gasteiger partial charge on any atom is -0.457 e. The van der Waals surface area contributed by atoms with Gasteiger partial charge in [-0.05, 0) is 26.0 Å². The molecule has 0 unspecified atom stereocenters. The van der Waals surface area contributed by atoms with E-state index in [-0.39, 0.29) is 27.2 Å². The largest absolute Gasteiger partial charge is 0.457 e. The SMILES string of the molecule is Cc1c([C@H](NC(=O)Nc2cnc(N3CC(C)(O)C3)nc2)C(F)(F)F)oc2c(Cl)cc(F)cc12. The Labute approximate surface area is 189 Å². The average Bonchev–Trinajstić information content (AvgIpc) is 3.01. The van der Waals surface area contributed by atoms with Crippen molar-refractivity contribution in [3.63, 3.8) is 0 Å². The summed E-state index contributed by atoms with van der Waals surface area (Å²) in [7, 11) is 0. The summed E-state index contributed by atoms with van der Waals surface area (Å²) >= 11 is 5.90. The number of aromatic nitrogens is 2. The minimum absolute atomic E-state index is 0.00728. The van der Waals surface area contributed by atoms with E-state index in [0.29, 0.717) is 19.0 Å². The number of benzene rings is 1. The summed E-state index contributed by atoms with van der Waals surface area (Å²) < 4.78 is 60.3. The van der Waals surface area contributed by atoms with Crippen LogP contribution in [0.25, 0.3) is 11.0 Å². The smallest absolute Gasteiger partial charge is 0.416 e. The van der Waals surface area contributed by atoms with Crippen LogP contribution in [0.3, 0.4) is 0 Å². The topological polar surface area (TPSA) is 104 Å². The predicted molar refractivity (Wildman–Crippen MR) is 112 cm³/mol. The van der Waals surface area contributed by atoms with E-state index < -0.39 is 35.4 Å². The molecular formula is C20H18ClF4N5O3. The first-order valence-corrected chi connectivity index (χ1v) is 10.0. The number of halogens is 5. The van der Waals surface area contributed by atoms with Crippen LogP contribution < -0.4 is 15.5 Å². The van der Waals surface area contributed by atoms with E-state index in [1.54, 1.807) is 11.8 Å². The molecule has 0 bridgehead atoms. The Balaban J connectivity index is 1.52. The lowest BCUT2D eigenvalue weighted by Gasteiger charge is -2.44. The maximum atomic E-state index is 13.8. The molecule has 1 aliphatic rings. The van der Waals surface area contributed by atoms with Gasteiger partial charge < -0.3 is 25.1 Å². The van der Waals surface area contributed by atoms with Gasteiger partial charge >= 0.3 is 12.2 Å². The highest BCUT2D eigenvalue weighted by Gasteiger charge is 2.45. The Kier molecular flexibility index (Phi) is 5.61. The number of β-amino-alcohol motifs (C(OH)–C–C–N with tert-alkyl or cyclic N) is 1. The van der Waals surface area contributed by atoms with Crippen LogP contribution in [0.15, 0.2) is 28.9 Å². The van der Waals surface area contributed by atoms with E-state index in [2.05, 4.69) is 15.3 Å². The fourth-order valence-corrected chi connectivity index (χ4v) is 3.84. The fraction of sp³-hybridized carbons (Fsp3) is 0.350.